The molecule has 1 saturated carbocycles. The molecule has 5 heteroatoms. The van der Waals surface area contributed by atoms with Crippen LogP contribution >= 0.6 is 0 Å². The van der Waals surface area contributed by atoms with Gasteiger partial charge in [-0.3, -0.25) is 9.59 Å². The van der Waals surface area contributed by atoms with Gasteiger partial charge in [-0.2, -0.15) is 0 Å². The number of piperidine rings is 1. The fourth-order valence-electron chi connectivity index (χ4n) is 5.10. The summed E-state index contributed by atoms with van der Waals surface area (Å²) >= 11 is 0. The molecule has 1 amide bonds. The largest absolute Gasteiger partial charge is 0.481 e. The lowest BCUT2D eigenvalue weighted by Gasteiger charge is -2.40. The first-order valence-electron chi connectivity index (χ1n) is 10.0. The van der Waals surface area contributed by atoms with Gasteiger partial charge in [0.1, 0.15) is 0 Å². The minimum atomic E-state index is -0.736. The lowest BCUT2D eigenvalue weighted by Crippen LogP contribution is -2.44. The molecule has 0 aromatic heterocycles. The highest BCUT2D eigenvalue weighted by Gasteiger charge is 2.41. The second-order valence-electron chi connectivity index (χ2n) is 8.92. The van der Waals surface area contributed by atoms with Crippen LogP contribution in [0.25, 0.3) is 0 Å². The number of carbonyl (C=O) groups excluding carboxylic acids is 1. The molecule has 2 saturated heterocycles. The number of likely N-dealkylation sites (tertiary alicyclic amines) is 1. The maximum Gasteiger partial charge on any atom is 0.309 e. The van der Waals surface area contributed by atoms with Crippen LogP contribution in [0.4, 0.5) is 0 Å². The van der Waals surface area contributed by atoms with E-state index < -0.39 is 5.97 Å². The maximum absolute atomic E-state index is 12.8. The molecule has 25 heavy (non-hydrogen) atoms. The zero-order chi connectivity index (χ0) is 18.0. The van der Waals surface area contributed by atoms with Crippen LogP contribution in [0.1, 0.15) is 65.2 Å². The van der Waals surface area contributed by atoms with E-state index in [-0.39, 0.29) is 23.4 Å². The predicted octanol–water partition coefficient (Wildman–Crippen LogP) is 3.32. The Hall–Kier alpha value is -1.10. The summed E-state index contributed by atoms with van der Waals surface area (Å²) in [4.78, 5) is 26.1. The summed E-state index contributed by atoms with van der Waals surface area (Å²) in [7, 11) is 0. The summed E-state index contributed by atoms with van der Waals surface area (Å²) in [6, 6.07) is 0. The minimum absolute atomic E-state index is 0.160. The van der Waals surface area contributed by atoms with Crippen molar-refractivity contribution in [2.75, 3.05) is 19.7 Å². The summed E-state index contributed by atoms with van der Waals surface area (Å²) in [6.45, 7) is 6.67. The Morgan fingerprint density at radius 3 is 2.48 bits per heavy atom. The maximum atomic E-state index is 12.8. The average molecular weight is 351 g/mol. The minimum Gasteiger partial charge on any atom is -0.481 e. The van der Waals surface area contributed by atoms with Crippen molar-refractivity contribution in [1.82, 2.24) is 4.90 Å². The van der Waals surface area contributed by atoms with Crippen molar-refractivity contribution in [2.24, 2.45) is 23.2 Å². The van der Waals surface area contributed by atoms with Crippen LogP contribution in [0.15, 0.2) is 0 Å². The second kappa shape index (κ2) is 7.65. The molecule has 1 aliphatic carbocycles. The number of amides is 1. The molecule has 0 radical (unpaired) electrons. The van der Waals surface area contributed by atoms with E-state index >= 15 is 0 Å². The highest BCUT2D eigenvalue weighted by atomic mass is 16.5. The molecule has 2 unspecified atom stereocenters. The van der Waals surface area contributed by atoms with E-state index in [1.54, 1.807) is 0 Å². The van der Waals surface area contributed by atoms with Gasteiger partial charge in [-0.25, -0.2) is 0 Å². The van der Waals surface area contributed by atoms with Gasteiger partial charge in [-0.15, -0.1) is 0 Å². The van der Waals surface area contributed by atoms with Crippen LogP contribution in [0.3, 0.4) is 0 Å². The summed E-state index contributed by atoms with van der Waals surface area (Å²) in [6.07, 6.45) is 7.81. The molecule has 3 atom stereocenters. The molecular formula is C20H33NO4. The van der Waals surface area contributed by atoms with Gasteiger partial charge in [0.25, 0.3) is 0 Å². The van der Waals surface area contributed by atoms with Crippen molar-refractivity contribution in [3.8, 4) is 0 Å². The van der Waals surface area contributed by atoms with E-state index in [2.05, 4.69) is 13.8 Å². The van der Waals surface area contributed by atoms with Gasteiger partial charge in [0.2, 0.25) is 5.91 Å². The molecule has 1 N–H and O–H groups in total. The Kier molecular flexibility index (Phi) is 5.71. The highest BCUT2D eigenvalue weighted by molar-refractivity contribution is 5.76. The number of carbonyl (C=O) groups is 2. The van der Waals surface area contributed by atoms with Crippen molar-refractivity contribution in [2.45, 2.75) is 71.3 Å². The molecular weight excluding hydrogens is 318 g/mol. The van der Waals surface area contributed by atoms with Crippen LogP contribution in [0.2, 0.25) is 0 Å². The molecule has 0 aromatic rings. The van der Waals surface area contributed by atoms with Gasteiger partial charge in [0.15, 0.2) is 0 Å². The number of carboxylic acid groups (broad SMARTS) is 1. The molecule has 0 aromatic carbocycles. The van der Waals surface area contributed by atoms with Gasteiger partial charge in [0.05, 0.1) is 12.0 Å². The first-order chi connectivity index (χ1) is 11.9. The van der Waals surface area contributed by atoms with Crippen LogP contribution in [0, 0.1) is 23.2 Å². The number of aliphatic carboxylic acids is 1. The first kappa shape index (κ1) is 18.7. The quantitative estimate of drug-likeness (QED) is 0.844. The van der Waals surface area contributed by atoms with Crippen molar-refractivity contribution in [3.05, 3.63) is 0 Å². The van der Waals surface area contributed by atoms with Crippen LogP contribution in [-0.2, 0) is 14.3 Å². The van der Waals surface area contributed by atoms with Gasteiger partial charge in [-0.05, 0) is 49.4 Å². The number of hydrogen-bond acceptors (Lipinski definition) is 3. The van der Waals surface area contributed by atoms with E-state index in [9.17, 15) is 14.7 Å². The molecule has 3 aliphatic rings. The van der Waals surface area contributed by atoms with Crippen molar-refractivity contribution < 1.29 is 19.4 Å². The van der Waals surface area contributed by atoms with E-state index in [0.29, 0.717) is 31.3 Å². The fraction of sp³-hybridized carbons (Fsp3) is 0.900. The number of hydrogen-bond donors (Lipinski definition) is 1. The van der Waals surface area contributed by atoms with Gasteiger partial charge in [0, 0.05) is 26.1 Å². The molecule has 5 nitrogen and oxygen atoms in total. The van der Waals surface area contributed by atoms with Crippen molar-refractivity contribution in [1.29, 1.82) is 0 Å². The van der Waals surface area contributed by atoms with Crippen molar-refractivity contribution in [3.63, 3.8) is 0 Å². The van der Waals surface area contributed by atoms with E-state index in [4.69, 9.17) is 4.74 Å². The lowest BCUT2D eigenvalue weighted by atomic mass is 9.67. The summed E-state index contributed by atoms with van der Waals surface area (Å²) in [5, 5.41) is 9.34. The standard InChI is InChI=1S/C20H33NO4/c1-20(2)9-4-3-5-15(20)13-17(22)21-10-6-14(7-11-21)18-16(19(23)24)8-12-25-18/h14-16,18H,3-13H2,1-2H3,(H,23,24)/t15?,16?,18-/m0/s1. The summed E-state index contributed by atoms with van der Waals surface area (Å²) in [5.41, 5.74) is 0.276. The Morgan fingerprint density at radius 1 is 1.12 bits per heavy atom. The van der Waals surface area contributed by atoms with Crippen molar-refractivity contribution >= 4 is 11.9 Å². The topological polar surface area (TPSA) is 66.8 Å². The monoisotopic (exact) mass is 351 g/mol. The summed E-state index contributed by atoms with van der Waals surface area (Å²) in [5.74, 6) is -0.0313. The molecule has 3 fully saturated rings. The normalized spacial score (nSPS) is 33.4. The second-order valence-corrected chi connectivity index (χ2v) is 8.92. The third kappa shape index (κ3) is 4.18. The molecule has 0 spiro atoms. The van der Waals surface area contributed by atoms with Gasteiger partial charge >= 0.3 is 5.97 Å². The number of carboxylic acids is 1. The molecule has 3 rings (SSSR count). The number of rotatable bonds is 4. The zero-order valence-electron chi connectivity index (χ0n) is 15.7. The number of ether oxygens (including phenoxy) is 1. The van der Waals surface area contributed by atoms with E-state index in [0.717, 1.165) is 25.9 Å². The summed E-state index contributed by atoms with van der Waals surface area (Å²) < 4.78 is 5.73. The zero-order valence-corrected chi connectivity index (χ0v) is 15.7. The predicted molar refractivity (Wildman–Crippen MR) is 95.1 cm³/mol. The molecule has 2 heterocycles. The van der Waals surface area contributed by atoms with Gasteiger partial charge in [-0.1, -0.05) is 26.7 Å². The highest BCUT2D eigenvalue weighted by Crippen LogP contribution is 2.42. The Bertz CT molecular complexity index is 496. The Labute approximate surface area is 151 Å². The van der Waals surface area contributed by atoms with E-state index in [1.807, 2.05) is 4.90 Å². The van der Waals surface area contributed by atoms with E-state index in [1.165, 1.54) is 25.7 Å². The molecule has 2 aliphatic heterocycles. The van der Waals surface area contributed by atoms with Crippen LogP contribution in [0.5, 0.6) is 0 Å². The lowest BCUT2D eigenvalue weighted by molar-refractivity contribution is -0.146. The SMILES string of the molecule is CC1(C)CCCCC1CC(=O)N1CCC([C@@H]2OCCC2C(=O)O)CC1. The Morgan fingerprint density at radius 2 is 1.84 bits per heavy atom. The third-order valence-electron chi connectivity index (χ3n) is 6.96. The first-order valence-corrected chi connectivity index (χ1v) is 10.0. The van der Waals surface area contributed by atoms with Crippen LogP contribution < -0.4 is 0 Å². The average Bonchev–Trinajstić information content (AvgIpc) is 3.07. The smallest absolute Gasteiger partial charge is 0.309 e. The number of nitrogens with zero attached hydrogens (tertiary/aromatic N) is 1. The Balaban J connectivity index is 1.50. The van der Waals surface area contributed by atoms with Crippen LogP contribution in [-0.4, -0.2) is 47.7 Å². The molecule has 142 valence electrons. The fourth-order valence-corrected chi connectivity index (χ4v) is 5.10. The van der Waals surface area contributed by atoms with Gasteiger partial charge < -0.3 is 14.7 Å². The molecule has 0 bridgehead atoms. The third-order valence-corrected chi connectivity index (χ3v) is 6.96.